The van der Waals surface area contributed by atoms with E-state index in [0.29, 0.717) is 6.07 Å². The summed E-state index contributed by atoms with van der Waals surface area (Å²) in [5, 5.41) is -0.293. The van der Waals surface area contributed by atoms with Crippen LogP contribution in [0.1, 0.15) is 12.5 Å². The Morgan fingerprint density at radius 1 is 1.27 bits per heavy atom. The van der Waals surface area contributed by atoms with E-state index in [4.69, 9.17) is 0 Å². The Hall–Kier alpha value is -2.31. The Balaban J connectivity index is 2.21. The van der Waals surface area contributed by atoms with Crippen molar-refractivity contribution in [2.75, 3.05) is 17.4 Å². The average molecular weight is 511 g/mol. The van der Waals surface area contributed by atoms with Gasteiger partial charge in [-0.25, -0.2) is 23.8 Å². The fourth-order valence-corrected chi connectivity index (χ4v) is 4.79. The van der Waals surface area contributed by atoms with Crippen LogP contribution < -0.4 is 16.0 Å². The average Bonchev–Trinajstić information content (AvgIpc) is 2.63. The van der Waals surface area contributed by atoms with Crippen molar-refractivity contribution in [3.63, 3.8) is 0 Å². The number of aromatic amines is 1. The zero-order chi connectivity index (χ0) is 22.5. The lowest BCUT2D eigenvalue weighted by atomic mass is 10.1. The molecule has 0 aliphatic heterocycles. The van der Waals surface area contributed by atoms with Crippen LogP contribution >= 0.6 is 15.9 Å². The highest BCUT2D eigenvalue weighted by Crippen LogP contribution is 2.36. The standard InChI is InChI=1S/C18H16BrF4N3O3S/c1-3-30(2,28,29)15-5-4-11(20)8-14(15)25-26-9-24-16-12(17(26)27)6-10(7-13(16)19)18(21,22)23/h4-9,25H,3H2,1-2H3,(H,28,29)/p+1. The third-order valence-corrected chi connectivity index (χ3v) is 8.10. The summed E-state index contributed by atoms with van der Waals surface area (Å²) in [6.07, 6.45) is -2.45. The van der Waals surface area contributed by atoms with Gasteiger partial charge in [-0.15, -0.1) is 0 Å². The molecule has 6 nitrogen and oxygen atoms in total. The number of alkyl halides is 3. The number of aromatic nitrogens is 2. The largest absolute Gasteiger partial charge is 0.416 e. The summed E-state index contributed by atoms with van der Waals surface area (Å²) < 4.78 is 77.5. The molecule has 30 heavy (non-hydrogen) atoms. The number of rotatable bonds is 4. The molecule has 0 spiro atoms. The van der Waals surface area contributed by atoms with Crippen molar-refractivity contribution < 1.29 is 31.3 Å². The number of H-pyrrole nitrogens is 1. The molecule has 1 aromatic heterocycles. The van der Waals surface area contributed by atoms with Crippen molar-refractivity contribution in [1.82, 2.24) is 4.68 Å². The second-order valence-corrected chi connectivity index (χ2v) is 11.7. The molecule has 0 saturated carbocycles. The van der Waals surface area contributed by atoms with Gasteiger partial charge in [-0.2, -0.15) is 22.5 Å². The SMILES string of the molecule is CCS(C)(=O)(O)c1ccc(F)cc1Nn1c[nH+]c2c(Br)cc(C(F)(F)F)cc2c1=O. The molecule has 0 fully saturated rings. The van der Waals surface area contributed by atoms with E-state index >= 15 is 0 Å². The second-order valence-electron chi connectivity index (χ2n) is 6.85. The lowest BCUT2D eigenvalue weighted by Gasteiger charge is -2.38. The van der Waals surface area contributed by atoms with Crippen LogP contribution in [0, 0.1) is 5.82 Å². The number of nitrogens with zero attached hydrogens (tertiary/aromatic N) is 1. The summed E-state index contributed by atoms with van der Waals surface area (Å²) in [5.74, 6) is -0.904. The third-order valence-electron chi connectivity index (χ3n) is 4.63. The Labute approximate surface area is 176 Å². The molecular formula is C18H17BrF4N3O3S+. The van der Waals surface area contributed by atoms with Crippen LogP contribution in [0.2, 0.25) is 0 Å². The molecule has 3 aromatic rings. The van der Waals surface area contributed by atoms with Crippen molar-refractivity contribution >= 4 is 41.9 Å². The molecule has 3 N–H and O–H groups in total. The van der Waals surface area contributed by atoms with E-state index in [2.05, 4.69) is 26.3 Å². The van der Waals surface area contributed by atoms with E-state index in [9.17, 15) is 31.1 Å². The summed E-state index contributed by atoms with van der Waals surface area (Å²) in [7, 11) is -4.36. The Morgan fingerprint density at radius 3 is 2.53 bits per heavy atom. The maximum absolute atomic E-state index is 13.8. The molecule has 2 aromatic carbocycles. The minimum Gasteiger partial charge on any atom is -0.299 e. The minimum atomic E-state index is -4.67. The number of benzene rings is 2. The highest BCUT2D eigenvalue weighted by molar-refractivity contribution is 9.10. The number of hydrogen-bond acceptors (Lipinski definition) is 3. The monoisotopic (exact) mass is 510 g/mol. The van der Waals surface area contributed by atoms with E-state index < -0.39 is 32.5 Å². The van der Waals surface area contributed by atoms with Gasteiger partial charge in [0.15, 0.2) is 5.52 Å². The summed E-state index contributed by atoms with van der Waals surface area (Å²) >= 11 is 3.01. The molecule has 0 radical (unpaired) electrons. The van der Waals surface area contributed by atoms with Crippen LogP contribution in [0.5, 0.6) is 0 Å². The van der Waals surface area contributed by atoms with Crippen LogP contribution in [0.3, 0.4) is 0 Å². The topological polar surface area (TPSA) is 85.5 Å². The van der Waals surface area contributed by atoms with Crippen molar-refractivity contribution in [3.05, 3.63) is 62.9 Å². The van der Waals surface area contributed by atoms with Gasteiger partial charge in [-0.3, -0.25) is 4.55 Å². The van der Waals surface area contributed by atoms with Gasteiger partial charge in [-0.1, -0.05) is 4.68 Å². The van der Waals surface area contributed by atoms with Crippen LogP contribution in [0.25, 0.3) is 10.9 Å². The molecule has 0 atom stereocenters. The van der Waals surface area contributed by atoms with E-state index in [1.807, 2.05) is 0 Å². The third kappa shape index (κ3) is 4.12. The smallest absolute Gasteiger partial charge is 0.299 e. The second kappa shape index (κ2) is 7.13. The quantitative estimate of drug-likeness (QED) is 0.521. The summed E-state index contributed by atoms with van der Waals surface area (Å²) in [4.78, 5) is 15.4. The highest BCUT2D eigenvalue weighted by Gasteiger charge is 2.33. The van der Waals surface area contributed by atoms with E-state index in [1.54, 1.807) is 0 Å². The first-order valence-corrected chi connectivity index (χ1v) is 11.8. The predicted octanol–water partition coefficient (Wildman–Crippen LogP) is 3.91. The lowest BCUT2D eigenvalue weighted by molar-refractivity contribution is -0.353. The molecule has 1 heterocycles. The van der Waals surface area contributed by atoms with Crippen LogP contribution in [0.15, 0.2) is 50.8 Å². The predicted molar refractivity (Wildman–Crippen MR) is 108 cm³/mol. The highest BCUT2D eigenvalue weighted by atomic mass is 79.9. The number of halogens is 5. The van der Waals surface area contributed by atoms with E-state index in [0.717, 1.165) is 41.5 Å². The Kier molecular flexibility index (Phi) is 5.32. The van der Waals surface area contributed by atoms with Crippen molar-refractivity contribution in [2.45, 2.75) is 18.0 Å². The molecule has 0 bridgehead atoms. The van der Waals surface area contributed by atoms with Gasteiger partial charge in [0.25, 0.3) is 6.33 Å². The first-order chi connectivity index (χ1) is 13.7. The number of hydrogen-bond donors (Lipinski definition) is 2. The zero-order valence-electron chi connectivity index (χ0n) is 15.7. The van der Waals surface area contributed by atoms with Gasteiger partial charge in [0.05, 0.1) is 14.9 Å². The van der Waals surface area contributed by atoms with E-state index in [1.165, 1.54) is 6.92 Å². The van der Waals surface area contributed by atoms with Crippen LogP contribution in [-0.4, -0.2) is 25.4 Å². The first kappa shape index (κ1) is 22.4. The number of fused-ring (bicyclic) bond motifs is 1. The molecule has 0 amide bonds. The van der Waals surface area contributed by atoms with Gasteiger partial charge in [-0.05, 0) is 47.1 Å². The van der Waals surface area contributed by atoms with Gasteiger partial charge in [0.1, 0.15) is 16.9 Å². The van der Waals surface area contributed by atoms with Crippen molar-refractivity contribution in [3.8, 4) is 0 Å². The first-order valence-electron chi connectivity index (χ1n) is 8.49. The lowest BCUT2D eigenvalue weighted by Crippen LogP contribution is -2.36. The molecule has 0 saturated heterocycles. The van der Waals surface area contributed by atoms with Crippen molar-refractivity contribution in [2.24, 2.45) is 0 Å². The molecule has 0 unspecified atom stereocenters. The fourth-order valence-electron chi connectivity index (χ4n) is 2.82. The van der Waals surface area contributed by atoms with Gasteiger partial charge >= 0.3 is 11.7 Å². The van der Waals surface area contributed by atoms with E-state index in [-0.39, 0.29) is 31.7 Å². The van der Waals surface area contributed by atoms with Crippen molar-refractivity contribution in [1.29, 1.82) is 0 Å². The van der Waals surface area contributed by atoms with Gasteiger partial charge < -0.3 is 0 Å². The van der Waals surface area contributed by atoms with Crippen LogP contribution in [-0.2, 0) is 15.5 Å². The van der Waals surface area contributed by atoms with Gasteiger partial charge in [0, 0.05) is 18.1 Å². The number of nitrogens with one attached hydrogen (secondary N) is 2. The summed E-state index contributed by atoms with van der Waals surface area (Å²) in [6, 6.07) is 4.59. The molecule has 0 aliphatic rings. The molecule has 162 valence electrons. The van der Waals surface area contributed by atoms with Gasteiger partial charge in [0.2, 0.25) is 0 Å². The molecule has 12 heteroatoms. The zero-order valence-corrected chi connectivity index (χ0v) is 18.1. The fraction of sp³-hybridized carbons (Fsp3) is 0.222. The normalized spacial score (nSPS) is 13.8. The summed E-state index contributed by atoms with van der Waals surface area (Å²) in [5.41, 5.74) is 0.570. The van der Waals surface area contributed by atoms with Crippen LogP contribution in [0.4, 0.5) is 23.2 Å². The molecule has 0 aliphatic carbocycles. The Bertz CT molecular complexity index is 1280. The summed E-state index contributed by atoms with van der Waals surface area (Å²) in [6.45, 7) is 1.48. The Morgan fingerprint density at radius 2 is 1.93 bits per heavy atom. The molecule has 3 rings (SSSR count). The minimum absolute atomic E-state index is 0.0289. The maximum Gasteiger partial charge on any atom is 0.416 e. The molecular weight excluding hydrogens is 494 g/mol. The number of anilines is 1. The maximum atomic E-state index is 13.8.